The van der Waals surface area contributed by atoms with Crippen LogP contribution in [0.5, 0.6) is 0 Å². The Balaban J connectivity index is 3.66. The van der Waals surface area contributed by atoms with Crippen molar-refractivity contribution in [3.63, 3.8) is 0 Å². The van der Waals surface area contributed by atoms with Gasteiger partial charge in [-0.2, -0.15) is 0 Å². The minimum atomic E-state index is 0.140. The summed E-state index contributed by atoms with van der Waals surface area (Å²) in [5.41, 5.74) is 0. The third-order valence-corrected chi connectivity index (χ3v) is 2.48. The fraction of sp³-hybridized carbons (Fsp3) is 0.917. The van der Waals surface area contributed by atoms with E-state index in [-0.39, 0.29) is 24.4 Å². The zero-order valence-corrected chi connectivity index (χ0v) is 10.2. The van der Waals surface area contributed by atoms with Gasteiger partial charge in [0.15, 0.2) is 5.78 Å². The Bertz CT molecular complexity index is 164. The van der Waals surface area contributed by atoms with Crippen molar-refractivity contribution in [1.29, 1.82) is 0 Å². The molecule has 0 amide bonds. The molecular weight excluding hydrogens is 176 g/mol. The van der Waals surface area contributed by atoms with E-state index in [1.807, 2.05) is 20.8 Å². The van der Waals surface area contributed by atoms with Crippen LogP contribution in [0, 0.1) is 11.8 Å². The summed E-state index contributed by atoms with van der Waals surface area (Å²) in [4.78, 5) is 11.4. The van der Waals surface area contributed by atoms with E-state index in [4.69, 9.17) is 4.74 Å². The number of carbonyl (C=O) groups excluding carboxylic acids is 1. The molecule has 0 rings (SSSR count). The highest BCUT2D eigenvalue weighted by atomic mass is 16.5. The standard InChI is InChI=1S/C12H24O2/c1-6-10(4)12(13)8-14-11(5)7-9(2)3/h9-11H,6-8H2,1-5H3. The summed E-state index contributed by atoms with van der Waals surface area (Å²) in [6.45, 7) is 10.6. The van der Waals surface area contributed by atoms with Gasteiger partial charge in [0.1, 0.15) is 6.61 Å². The molecule has 84 valence electrons. The molecule has 0 bridgehead atoms. The first kappa shape index (κ1) is 13.6. The molecule has 14 heavy (non-hydrogen) atoms. The number of Topliss-reactive ketones (excluding diaryl/α,β-unsaturated/α-hetero) is 1. The minimum absolute atomic E-state index is 0.140. The summed E-state index contributed by atoms with van der Waals surface area (Å²) in [7, 11) is 0. The lowest BCUT2D eigenvalue weighted by molar-refractivity contribution is -0.129. The highest BCUT2D eigenvalue weighted by Crippen LogP contribution is 2.09. The highest BCUT2D eigenvalue weighted by Gasteiger charge is 2.13. The monoisotopic (exact) mass is 200 g/mol. The lowest BCUT2D eigenvalue weighted by Crippen LogP contribution is -2.21. The zero-order chi connectivity index (χ0) is 11.1. The average molecular weight is 200 g/mol. The summed E-state index contributed by atoms with van der Waals surface area (Å²) in [6.07, 6.45) is 2.12. The van der Waals surface area contributed by atoms with Crippen molar-refractivity contribution in [1.82, 2.24) is 0 Å². The Kier molecular flexibility index (Phi) is 6.81. The Morgan fingerprint density at radius 3 is 2.21 bits per heavy atom. The first-order chi connectivity index (χ1) is 6.47. The molecule has 2 unspecified atom stereocenters. The van der Waals surface area contributed by atoms with Crippen LogP contribution in [-0.4, -0.2) is 18.5 Å². The molecule has 0 aromatic heterocycles. The Morgan fingerprint density at radius 1 is 1.21 bits per heavy atom. The quantitative estimate of drug-likeness (QED) is 0.631. The van der Waals surface area contributed by atoms with Gasteiger partial charge in [-0.1, -0.05) is 27.7 Å². The summed E-state index contributed by atoms with van der Waals surface area (Å²) in [5, 5.41) is 0. The van der Waals surface area contributed by atoms with Gasteiger partial charge in [-0.15, -0.1) is 0 Å². The second-order valence-corrected chi connectivity index (χ2v) is 4.53. The number of ketones is 1. The number of carbonyl (C=O) groups is 1. The van der Waals surface area contributed by atoms with Crippen molar-refractivity contribution in [2.24, 2.45) is 11.8 Å². The molecule has 0 aromatic rings. The predicted octanol–water partition coefficient (Wildman–Crippen LogP) is 3.05. The molecule has 0 spiro atoms. The highest BCUT2D eigenvalue weighted by molar-refractivity contribution is 5.81. The van der Waals surface area contributed by atoms with Crippen LogP contribution in [0.2, 0.25) is 0 Å². The van der Waals surface area contributed by atoms with Gasteiger partial charge in [0.05, 0.1) is 6.10 Å². The van der Waals surface area contributed by atoms with Gasteiger partial charge in [0, 0.05) is 5.92 Å². The van der Waals surface area contributed by atoms with Crippen LogP contribution in [0.1, 0.15) is 47.5 Å². The van der Waals surface area contributed by atoms with E-state index < -0.39 is 0 Å². The normalized spacial score (nSPS) is 15.6. The third kappa shape index (κ3) is 6.14. The van der Waals surface area contributed by atoms with Crippen LogP contribution < -0.4 is 0 Å². The predicted molar refractivity (Wildman–Crippen MR) is 59.3 cm³/mol. The third-order valence-electron chi connectivity index (χ3n) is 2.48. The van der Waals surface area contributed by atoms with Gasteiger partial charge in [0.2, 0.25) is 0 Å². The van der Waals surface area contributed by atoms with Crippen molar-refractivity contribution in [3.05, 3.63) is 0 Å². The van der Waals surface area contributed by atoms with Crippen molar-refractivity contribution in [3.8, 4) is 0 Å². The minimum Gasteiger partial charge on any atom is -0.371 e. The van der Waals surface area contributed by atoms with Crippen LogP contribution in [0.15, 0.2) is 0 Å². The zero-order valence-electron chi connectivity index (χ0n) is 10.2. The molecule has 0 aliphatic rings. The van der Waals surface area contributed by atoms with E-state index in [1.165, 1.54) is 0 Å². The van der Waals surface area contributed by atoms with Crippen LogP contribution in [-0.2, 0) is 9.53 Å². The van der Waals surface area contributed by atoms with Crippen molar-refractivity contribution in [2.75, 3.05) is 6.61 Å². The van der Waals surface area contributed by atoms with Gasteiger partial charge in [-0.25, -0.2) is 0 Å². The van der Waals surface area contributed by atoms with E-state index in [9.17, 15) is 4.79 Å². The molecule has 0 aliphatic carbocycles. The van der Waals surface area contributed by atoms with E-state index in [0.717, 1.165) is 12.8 Å². The first-order valence-electron chi connectivity index (χ1n) is 5.61. The molecular formula is C12H24O2. The molecule has 0 saturated carbocycles. The summed E-state index contributed by atoms with van der Waals surface area (Å²) in [5.74, 6) is 0.994. The SMILES string of the molecule is CCC(C)C(=O)COC(C)CC(C)C. The molecule has 0 N–H and O–H groups in total. The Morgan fingerprint density at radius 2 is 1.79 bits per heavy atom. The molecule has 0 aromatic carbocycles. The molecule has 0 saturated heterocycles. The van der Waals surface area contributed by atoms with Crippen LogP contribution in [0.4, 0.5) is 0 Å². The summed E-state index contributed by atoms with van der Waals surface area (Å²) < 4.78 is 5.49. The van der Waals surface area contributed by atoms with Gasteiger partial charge in [-0.05, 0) is 25.7 Å². The first-order valence-corrected chi connectivity index (χ1v) is 5.61. The van der Waals surface area contributed by atoms with E-state index in [2.05, 4.69) is 13.8 Å². The molecule has 2 nitrogen and oxygen atoms in total. The number of ether oxygens (including phenoxy) is 1. The Hall–Kier alpha value is -0.370. The van der Waals surface area contributed by atoms with Gasteiger partial charge in [0.25, 0.3) is 0 Å². The maximum absolute atomic E-state index is 11.4. The maximum atomic E-state index is 11.4. The number of hydrogen-bond donors (Lipinski definition) is 0. The van der Waals surface area contributed by atoms with Gasteiger partial charge < -0.3 is 4.74 Å². The summed E-state index contributed by atoms with van der Waals surface area (Å²) >= 11 is 0. The second-order valence-electron chi connectivity index (χ2n) is 4.53. The summed E-state index contributed by atoms with van der Waals surface area (Å²) in [6, 6.07) is 0. The molecule has 2 heteroatoms. The lowest BCUT2D eigenvalue weighted by Gasteiger charge is -2.15. The molecule has 0 heterocycles. The van der Waals surface area contributed by atoms with E-state index >= 15 is 0 Å². The van der Waals surface area contributed by atoms with Crippen LogP contribution in [0.25, 0.3) is 0 Å². The van der Waals surface area contributed by atoms with Crippen molar-refractivity contribution < 1.29 is 9.53 Å². The topological polar surface area (TPSA) is 26.3 Å². The molecule has 0 radical (unpaired) electrons. The fourth-order valence-corrected chi connectivity index (χ4v) is 1.33. The van der Waals surface area contributed by atoms with Gasteiger partial charge in [-0.3, -0.25) is 4.79 Å². The smallest absolute Gasteiger partial charge is 0.161 e. The second kappa shape index (κ2) is 6.99. The van der Waals surface area contributed by atoms with Crippen LogP contribution in [0.3, 0.4) is 0 Å². The lowest BCUT2D eigenvalue weighted by atomic mass is 10.0. The largest absolute Gasteiger partial charge is 0.371 e. The maximum Gasteiger partial charge on any atom is 0.161 e. The van der Waals surface area contributed by atoms with E-state index in [1.54, 1.807) is 0 Å². The van der Waals surface area contributed by atoms with E-state index in [0.29, 0.717) is 5.92 Å². The van der Waals surface area contributed by atoms with Crippen LogP contribution >= 0.6 is 0 Å². The average Bonchev–Trinajstić information content (AvgIpc) is 2.11. The van der Waals surface area contributed by atoms with Crippen molar-refractivity contribution >= 4 is 5.78 Å². The molecule has 2 atom stereocenters. The molecule has 0 fully saturated rings. The fourth-order valence-electron chi connectivity index (χ4n) is 1.33. The Labute approximate surface area is 88.0 Å². The van der Waals surface area contributed by atoms with Crippen molar-refractivity contribution in [2.45, 2.75) is 53.6 Å². The van der Waals surface area contributed by atoms with Gasteiger partial charge >= 0.3 is 0 Å². The number of hydrogen-bond acceptors (Lipinski definition) is 2. The number of rotatable bonds is 7. The molecule has 0 aliphatic heterocycles.